The summed E-state index contributed by atoms with van der Waals surface area (Å²) in [6, 6.07) is 0.210. The van der Waals surface area contributed by atoms with Gasteiger partial charge in [-0.25, -0.2) is 4.79 Å². The molecule has 2 aliphatic rings. The van der Waals surface area contributed by atoms with E-state index in [9.17, 15) is 9.59 Å². The number of carboxylic acid groups (broad SMARTS) is 1. The zero-order valence-corrected chi connectivity index (χ0v) is 9.89. The van der Waals surface area contributed by atoms with Crippen molar-refractivity contribution in [1.29, 1.82) is 0 Å². The SMILES string of the molecule is O=C(O)CNC(=O)N1CCC(N2CCCC2)C1. The molecule has 2 heterocycles. The van der Waals surface area contributed by atoms with E-state index in [1.165, 1.54) is 12.8 Å². The molecule has 2 N–H and O–H groups in total. The number of carbonyl (C=O) groups excluding carboxylic acids is 1. The molecule has 0 aromatic rings. The van der Waals surface area contributed by atoms with Crippen LogP contribution in [-0.4, -0.2) is 65.7 Å². The van der Waals surface area contributed by atoms with Crippen molar-refractivity contribution in [2.45, 2.75) is 25.3 Å². The van der Waals surface area contributed by atoms with Crippen LogP contribution in [-0.2, 0) is 4.79 Å². The van der Waals surface area contributed by atoms with E-state index in [0.717, 1.165) is 32.6 Å². The van der Waals surface area contributed by atoms with Gasteiger partial charge in [-0.3, -0.25) is 9.69 Å². The first-order chi connectivity index (χ1) is 8.16. The van der Waals surface area contributed by atoms with Crippen molar-refractivity contribution in [3.05, 3.63) is 0 Å². The maximum atomic E-state index is 11.6. The Morgan fingerprint density at radius 2 is 1.94 bits per heavy atom. The highest BCUT2D eigenvalue weighted by atomic mass is 16.4. The Labute approximate surface area is 101 Å². The second-order valence-electron chi connectivity index (χ2n) is 4.68. The molecule has 2 aliphatic heterocycles. The van der Waals surface area contributed by atoms with E-state index in [2.05, 4.69) is 10.2 Å². The maximum Gasteiger partial charge on any atom is 0.323 e. The van der Waals surface area contributed by atoms with Gasteiger partial charge < -0.3 is 15.3 Å². The fraction of sp³-hybridized carbons (Fsp3) is 0.818. The zero-order chi connectivity index (χ0) is 12.3. The molecule has 2 saturated heterocycles. The first kappa shape index (κ1) is 12.2. The van der Waals surface area contributed by atoms with Crippen molar-refractivity contribution in [1.82, 2.24) is 15.1 Å². The number of hydrogen-bond acceptors (Lipinski definition) is 3. The van der Waals surface area contributed by atoms with Crippen LogP contribution in [0.4, 0.5) is 4.79 Å². The van der Waals surface area contributed by atoms with Gasteiger partial charge in [0.25, 0.3) is 0 Å². The number of amides is 2. The van der Waals surface area contributed by atoms with Crippen molar-refractivity contribution in [3.63, 3.8) is 0 Å². The molecule has 0 saturated carbocycles. The first-order valence-electron chi connectivity index (χ1n) is 6.15. The average molecular weight is 241 g/mol. The quantitative estimate of drug-likeness (QED) is 0.726. The molecule has 0 aromatic heterocycles. The number of nitrogens with one attached hydrogen (secondary N) is 1. The third-order valence-corrected chi connectivity index (χ3v) is 3.50. The summed E-state index contributed by atoms with van der Waals surface area (Å²) in [4.78, 5) is 26.1. The van der Waals surface area contributed by atoms with E-state index >= 15 is 0 Å². The predicted molar refractivity (Wildman–Crippen MR) is 61.8 cm³/mol. The van der Waals surface area contributed by atoms with Gasteiger partial charge in [-0.1, -0.05) is 0 Å². The molecular formula is C11H19N3O3. The number of urea groups is 1. The molecule has 6 nitrogen and oxygen atoms in total. The molecule has 6 heteroatoms. The van der Waals surface area contributed by atoms with Crippen LogP contribution in [0.2, 0.25) is 0 Å². The van der Waals surface area contributed by atoms with E-state index in [0.29, 0.717) is 6.04 Å². The molecule has 1 atom stereocenters. The van der Waals surface area contributed by atoms with Crippen LogP contribution in [0.15, 0.2) is 0 Å². The predicted octanol–water partition coefficient (Wildman–Crippen LogP) is -0.0493. The maximum absolute atomic E-state index is 11.6. The lowest BCUT2D eigenvalue weighted by molar-refractivity contribution is -0.135. The van der Waals surface area contributed by atoms with Gasteiger partial charge in [0.2, 0.25) is 0 Å². The lowest BCUT2D eigenvalue weighted by Gasteiger charge is -2.23. The lowest BCUT2D eigenvalue weighted by atomic mass is 10.2. The summed E-state index contributed by atoms with van der Waals surface area (Å²) in [6.45, 7) is 3.42. The van der Waals surface area contributed by atoms with Gasteiger partial charge in [0.15, 0.2) is 0 Å². The second kappa shape index (κ2) is 5.35. The van der Waals surface area contributed by atoms with Crippen LogP contribution in [0.25, 0.3) is 0 Å². The molecule has 2 rings (SSSR count). The van der Waals surface area contributed by atoms with Gasteiger partial charge in [-0.2, -0.15) is 0 Å². The topological polar surface area (TPSA) is 72.9 Å². The van der Waals surface area contributed by atoms with Crippen molar-refractivity contribution in [3.8, 4) is 0 Å². The minimum atomic E-state index is -1.01. The van der Waals surface area contributed by atoms with E-state index < -0.39 is 5.97 Å². The average Bonchev–Trinajstić information content (AvgIpc) is 2.94. The summed E-state index contributed by atoms with van der Waals surface area (Å²) in [7, 11) is 0. The molecule has 0 radical (unpaired) electrons. The summed E-state index contributed by atoms with van der Waals surface area (Å²) in [5.41, 5.74) is 0. The van der Waals surface area contributed by atoms with Crippen molar-refractivity contribution in [2.75, 3.05) is 32.7 Å². The monoisotopic (exact) mass is 241 g/mol. The summed E-state index contributed by atoms with van der Waals surface area (Å²) in [6.07, 6.45) is 3.50. The lowest BCUT2D eigenvalue weighted by Crippen LogP contribution is -2.43. The number of carbonyl (C=O) groups is 2. The highest BCUT2D eigenvalue weighted by Crippen LogP contribution is 2.20. The fourth-order valence-electron chi connectivity index (χ4n) is 2.59. The summed E-state index contributed by atoms with van der Waals surface area (Å²) in [5, 5.41) is 10.9. The molecule has 0 spiro atoms. The molecule has 1 unspecified atom stereocenters. The van der Waals surface area contributed by atoms with Gasteiger partial charge in [0.05, 0.1) is 0 Å². The van der Waals surface area contributed by atoms with E-state index in [-0.39, 0.29) is 12.6 Å². The Balaban J connectivity index is 1.76. The molecule has 2 amide bonds. The third kappa shape index (κ3) is 3.09. The van der Waals surface area contributed by atoms with Crippen LogP contribution in [0.1, 0.15) is 19.3 Å². The third-order valence-electron chi connectivity index (χ3n) is 3.50. The number of carboxylic acids is 1. The van der Waals surface area contributed by atoms with Gasteiger partial charge in [0, 0.05) is 19.1 Å². The molecule has 17 heavy (non-hydrogen) atoms. The Kier molecular flexibility index (Phi) is 3.83. The standard InChI is InChI=1S/C11H19N3O3/c15-10(16)7-12-11(17)14-6-3-9(8-14)13-4-1-2-5-13/h9H,1-8H2,(H,12,17)(H,15,16). The van der Waals surface area contributed by atoms with Crippen molar-refractivity contribution < 1.29 is 14.7 Å². The molecule has 0 aliphatic carbocycles. The number of likely N-dealkylation sites (tertiary alicyclic amines) is 2. The van der Waals surface area contributed by atoms with Crippen molar-refractivity contribution >= 4 is 12.0 Å². The smallest absolute Gasteiger partial charge is 0.323 e. The Bertz CT molecular complexity index is 302. The largest absolute Gasteiger partial charge is 0.480 e. The van der Waals surface area contributed by atoms with Crippen LogP contribution in [0.3, 0.4) is 0 Å². The summed E-state index contributed by atoms with van der Waals surface area (Å²) >= 11 is 0. The Hall–Kier alpha value is -1.30. The zero-order valence-electron chi connectivity index (χ0n) is 9.89. The van der Waals surface area contributed by atoms with Crippen LogP contribution < -0.4 is 5.32 Å². The highest BCUT2D eigenvalue weighted by Gasteiger charge is 2.31. The molecule has 0 aromatic carbocycles. The van der Waals surface area contributed by atoms with Gasteiger partial charge in [-0.15, -0.1) is 0 Å². The van der Waals surface area contributed by atoms with E-state index in [1.807, 2.05) is 0 Å². The summed E-state index contributed by atoms with van der Waals surface area (Å²) < 4.78 is 0. The molecular weight excluding hydrogens is 222 g/mol. The van der Waals surface area contributed by atoms with E-state index in [4.69, 9.17) is 5.11 Å². The number of rotatable bonds is 3. The Morgan fingerprint density at radius 3 is 2.59 bits per heavy atom. The fourth-order valence-corrected chi connectivity index (χ4v) is 2.59. The minimum Gasteiger partial charge on any atom is -0.480 e. The minimum absolute atomic E-state index is 0.255. The van der Waals surface area contributed by atoms with E-state index in [1.54, 1.807) is 4.90 Å². The highest BCUT2D eigenvalue weighted by molar-refractivity contribution is 5.80. The first-order valence-corrected chi connectivity index (χ1v) is 6.15. The normalized spacial score (nSPS) is 25.2. The number of hydrogen-bond donors (Lipinski definition) is 2. The number of aliphatic carboxylic acids is 1. The second-order valence-corrected chi connectivity index (χ2v) is 4.68. The molecule has 2 fully saturated rings. The summed E-state index contributed by atoms with van der Waals surface area (Å²) in [5.74, 6) is -1.01. The van der Waals surface area contributed by atoms with Crippen LogP contribution >= 0.6 is 0 Å². The van der Waals surface area contributed by atoms with Gasteiger partial charge in [-0.05, 0) is 32.4 Å². The molecule has 0 bridgehead atoms. The van der Waals surface area contributed by atoms with Gasteiger partial charge >= 0.3 is 12.0 Å². The van der Waals surface area contributed by atoms with Gasteiger partial charge in [0.1, 0.15) is 6.54 Å². The Morgan fingerprint density at radius 1 is 1.24 bits per heavy atom. The molecule has 96 valence electrons. The van der Waals surface area contributed by atoms with Crippen molar-refractivity contribution in [2.24, 2.45) is 0 Å². The van der Waals surface area contributed by atoms with Crippen LogP contribution in [0.5, 0.6) is 0 Å². The number of nitrogens with zero attached hydrogens (tertiary/aromatic N) is 2. The van der Waals surface area contributed by atoms with Crippen LogP contribution in [0, 0.1) is 0 Å².